The second kappa shape index (κ2) is 6.45. The molecule has 1 N–H and O–H groups in total. The Morgan fingerprint density at radius 1 is 1.38 bits per heavy atom. The van der Waals surface area contributed by atoms with Crippen molar-refractivity contribution < 1.29 is 9.59 Å². The number of amides is 2. The molecular formula is C15H20ClN3O2. The first kappa shape index (κ1) is 15.8. The monoisotopic (exact) mass is 309 g/mol. The van der Waals surface area contributed by atoms with Gasteiger partial charge in [0, 0.05) is 44.3 Å². The van der Waals surface area contributed by atoms with Crippen molar-refractivity contribution in [2.75, 3.05) is 33.7 Å². The normalized spacial score (nSPS) is 18.5. The molecule has 0 saturated carbocycles. The van der Waals surface area contributed by atoms with Crippen LogP contribution in [0.4, 0.5) is 0 Å². The molecule has 1 atom stereocenters. The van der Waals surface area contributed by atoms with Crippen LogP contribution in [0.2, 0.25) is 5.02 Å². The maximum atomic E-state index is 12.7. The van der Waals surface area contributed by atoms with E-state index in [1.165, 1.54) is 4.90 Å². The number of hydrogen-bond acceptors (Lipinski definition) is 3. The van der Waals surface area contributed by atoms with E-state index in [1.807, 2.05) is 6.92 Å². The van der Waals surface area contributed by atoms with Crippen molar-refractivity contribution >= 4 is 23.4 Å². The Hall–Kier alpha value is -1.59. The minimum atomic E-state index is -0.461. The third-order valence-electron chi connectivity index (χ3n) is 3.63. The molecule has 1 unspecified atom stereocenters. The summed E-state index contributed by atoms with van der Waals surface area (Å²) < 4.78 is 0. The van der Waals surface area contributed by atoms with Gasteiger partial charge in [0.1, 0.15) is 6.04 Å². The molecule has 0 bridgehead atoms. The van der Waals surface area contributed by atoms with E-state index in [0.717, 1.165) is 5.56 Å². The van der Waals surface area contributed by atoms with Crippen LogP contribution in [0.1, 0.15) is 15.9 Å². The second-order valence-electron chi connectivity index (χ2n) is 5.42. The number of nitrogens with one attached hydrogen (secondary N) is 1. The second-order valence-corrected chi connectivity index (χ2v) is 5.82. The topological polar surface area (TPSA) is 52.7 Å². The molecule has 1 aromatic rings. The lowest BCUT2D eigenvalue weighted by atomic mass is 10.1. The van der Waals surface area contributed by atoms with E-state index in [-0.39, 0.29) is 11.8 Å². The summed E-state index contributed by atoms with van der Waals surface area (Å²) in [6.45, 7) is 3.55. The van der Waals surface area contributed by atoms with Crippen LogP contribution in [0.25, 0.3) is 0 Å². The average Bonchev–Trinajstić information content (AvgIpc) is 2.48. The van der Waals surface area contributed by atoms with Gasteiger partial charge in [-0.15, -0.1) is 0 Å². The smallest absolute Gasteiger partial charge is 0.254 e. The number of piperazine rings is 1. The first-order valence-electron chi connectivity index (χ1n) is 6.91. The van der Waals surface area contributed by atoms with Gasteiger partial charge >= 0.3 is 0 Å². The molecule has 1 aliphatic rings. The Bertz CT molecular complexity index is 560. The van der Waals surface area contributed by atoms with Gasteiger partial charge in [-0.05, 0) is 30.7 Å². The zero-order chi connectivity index (χ0) is 15.6. The molecule has 1 heterocycles. The number of carbonyl (C=O) groups excluding carboxylic acids is 2. The van der Waals surface area contributed by atoms with Crippen molar-refractivity contribution in [3.63, 3.8) is 0 Å². The third kappa shape index (κ3) is 3.36. The molecule has 0 aromatic heterocycles. The highest BCUT2D eigenvalue weighted by Gasteiger charge is 2.33. The van der Waals surface area contributed by atoms with Crippen LogP contribution in [-0.4, -0.2) is 61.4 Å². The van der Waals surface area contributed by atoms with Crippen molar-refractivity contribution in [1.29, 1.82) is 0 Å². The Morgan fingerprint density at radius 2 is 2.10 bits per heavy atom. The summed E-state index contributed by atoms with van der Waals surface area (Å²) in [5.41, 5.74) is 1.42. The van der Waals surface area contributed by atoms with E-state index in [1.54, 1.807) is 37.2 Å². The van der Waals surface area contributed by atoms with Crippen LogP contribution in [0.5, 0.6) is 0 Å². The van der Waals surface area contributed by atoms with Gasteiger partial charge in [0.05, 0.1) is 0 Å². The van der Waals surface area contributed by atoms with Crippen molar-refractivity contribution in [2.45, 2.75) is 13.0 Å². The number of carbonyl (C=O) groups is 2. The Labute approximate surface area is 129 Å². The summed E-state index contributed by atoms with van der Waals surface area (Å²) in [7, 11) is 3.40. The average molecular weight is 310 g/mol. The van der Waals surface area contributed by atoms with E-state index in [0.29, 0.717) is 30.2 Å². The molecule has 1 fully saturated rings. The number of halogens is 1. The molecule has 0 spiro atoms. The molecule has 1 aliphatic heterocycles. The highest BCUT2D eigenvalue weighted by Crippen LogP contribution is 2.19. The minimum Gasteiger partial charge on any atom is -0.347 e. The van der Waals surface area contributed by atoms with Crippen LogP contribution in [0.3, 0.4) is 0 Å². The number of aryl methyl sites for hydroxylation is 1. The van der Waals surface area contributed by atoms with Crippen molar-refractivity contribution in [1.82, 2.24) is 15.1 Å². The van der Waals surface area contributed by atoms with E-state index in [2.05, 4.69) is 5.32 Å². The molecule has 21 heavy (non-hydrogen) atoms. The fraction of sp³-hybridized carbons (Fsp3) is 0.467. The molecule has 2 rings (SSSR count). The fourth-order valence-electron chi connectivity index (χ4n) is 2.41. The number of nitrogens with zero attached hydrogens (tertiary/aromatic N) is 2. The molecule has 2 amide bonds. The maximum absolute atomic E-state index is 12.7. The largest absolute Gasteiger partial charge is 0.347 e. The van der Waals surface area contributed by atoms with Crippen molar-refractivity contribution in [3.05, 3.63) is 34.3 Å². The zero-order valence-corrected chi connectivity index (χ0v) is 13.3. The van der Waals surface area contributed by atoms with E-state index >= 15 is 0 Å². The molecule has 0 aliphatic carbocycles. The fourth-order valence-corrected chi connectivity index (χ4v) is 2.53. The van der Waals surface area contributed by atoms with Gasteiger partial charge in [0.25, 0.3) is 5.91 Å². The molecule has 1 aromatic carbocycles. The van der Waals surface area contributed by atoms with E-state index in [4.69, 9.17) is 11.6 Å². The lowest BCUT2D eigenvalue weighted by Crippen LogP contribution is -2.59. The lowest BCUT2D eigenvalue weighted by molar-refractivity contribution is -0.134. The maximum Gasteiger partial charge on any atom is 0.254 e. The van der Waals surface area contributed by atoms with Gasteiger partial charge in [-0.3, -0.25) is 9.59 Å². The van der Waals surface area contributed by atoms with Crippen LogP contribution < -0.4 is 5.32 Å². The van der Waals surface area contributed by atoms with Gasteiger partial charge in [0.15, 0.2) is 0 Å². The zero-order valence-electron chi connectivity index (χ0n) is 12.5. The first-order chi connectivity index (χ1) is 9.91. The predicted molar refractivity (Wildman–Crippen MR) is 82.6 cm³/mol. The summed E-state index contributed by atoms with van der Waals surface area (Å²) in [5, 5.41) is 3.80. The SMILES string of the molecule is Cc1cc(C(=O)N2CCNCC2C(=O)N(C)C)ccc1Cl. The van der Waals surface area contributed by atoms with Crippen molar-refractivity contribution in [3.8, 4) is 0 Å². The summed E-state index contributed by atoms with van der Waals surface area (Å²) in [5.74, 6) is -0.197. The molecule has 6 heteroatoms. The quantitative estimate of drug-likeness (QED) is 0.891. The Morgan fingerprint density at radius 3 is 2.71 bits per heavy atom. The standard InChI is InChI=1S/C15H20ClN3O2/c1-10-8-11(4-5-12(10)16)14(20)19-7-6-17-9-13(19)15(21)18(2)3/h4-5,8,13,17H,6-7,9H2,1-3H3. The van der Waals surface area contributed by atoms with Crippen LogP contribution in [0.15, 0.2) is 18.2 Å². The van der Waals surface area contributed by atoms with Gasteiger partial charge in [-0.1, -0.05) is 11.6 Å². The predicted octanol–water partition coefficient (Wildman–Crippen LogP) is 1.15. The summed E-state index contributed by atoms with van der Waals surface area (Å²) >= 11 is 6.00. The number of benzene rings is 1. The highest BCUT2D eigenvalue weighted by molar-refractivity contribution is 6.31. The minimum absolute atomic E-state index is 0.0683. The van der Waals surface area contributed by atoms with Gasteiger partial charge < -0.3 is 15.1 Å². The molecule has 5 nitrogen and oxygen atoms in total. The number of hydrogen-bond donors (Lipinski definition) is 1. The van der Waals surface area contributed by atoms with E-state index < -0.39 is 6.04 Å². The van der Waals surface area contributed by atoms with Gasteiger partial charge in [-0.25, -0.2) is 0 Å². The van der Waals surface area contributed by atoms with Crippen LogP contribution >= 0.6 is 11.6 Å². The highest BCUT2D eigenvalue weighted by atomic mass is 35.5. The lowest BCUT2D eigenvalue weighted by Gasteiger charge is -2.36. The number of rotatable bonds is 2. The summed E-state index contributed by atoms with van der Waals surface area (Å²) in [4.78, 5) is 28.1. The third-order valence-corrected chi connectivity index (χ3v) is 4.06. The molecule has 0 radical (unpaired) electrons. The molecule has 1 saturated heterocycles. The van der Waals surface area contributed by atoms with Crippen LogP contribution in [0, 0.1) is 6.92 Å². The first-order valence-corrected chi connectivity index (χ1v) is 7.28. The van der Waals surface area contributed by atoms with Gasteiger partial charge in [-0.2, -0.15) is 0 Å². The Kier molecular flexibility index (Phi) is 4.85. The summed E-state index contributed by atoms with van der Waals surface area (Å²) in [6, 6.07) is 4.73. The van der Waals surface area contributed by atoms with Crippen molar-refractivity contribution in [2.24, 2.45) is 0 Å². The van der Waals surface area contributed by atoms with Crippen LogP contribution in [-0.2, 0) is 4.79 Å². The van der Waals surface area contributed by atoms with Gasteiger partial charge in [0.2, 0.25) is 5.91 Å². The summed E-state index contributed by atoms with van der Waals surface area (Å²) in [6.07, 6.45) is 0. The number of likely N-dealkylation sites (N-methyl/N-ethyl adjacent to an activating group) is 1. The Balaban J connectivity index is 2.26. The van der Waals surface area contributed by atoms with E-state index in [9.17, 15) is 9.59 Å². The molecule has 114 valence electrons. The molecular weight excluding hydrogens is 290 g/mol.